The van der Waals surface area contributed by atoms with Crippen molar-refractivity contribution in [2.75, 3.05) is 5.32 Å². The number of anilines is 1. The lowest BCUT2D eigenvalue weighted by Crippen LogP contribution is -2.11. The molecular formula is C13H10N2O8S2. The molecule has 2 rings (SSSR count). The standard InChI is InChI=1S/C13H10N2O8S2/c14-2-1-12(17)15-10-5-8(24(18,19)20)3-7-4-9(25(21,22)23)6-11(16)13(7)10/h3-6,16H,1H2,(H,15,17)(H,18,19,20)(H,21,22,23). The molecule has 0 saturated carbocycles. The van der Waals surface area contributed by atoms with Crippen molar-refractivity contribution >= 4 is 42.6 Å². The first-order valence-corrected chi connectivity index (χ1v) is 9.24. The topological polar surface area (TPSA) is 182 Å². The van der Waals surface area contributed by atoms with Gasteiger partial charge in [-0.15, -0.1) is 0 Å². The molecule has 4 N–H and O–H groups in total. The van der Waals surface area contributed by atoms with Gasteiger partial charge in [-0.1, -0.05) is 0 Å². The lowest BCUT2D eigenvalue weighted by molar-refractivity contribution is -0.115. The number of hydrogen-bond acceptors (Lipinski definition) is 7. The van der Waals surface area contributed by atoms with E-state index in [1.54, 1.807) is 6.07 Å². The fourth-order valence-electron chi connectivity index (χ4n) is 2.10. The number of hydrogen-bond donors (Lipinski definition) is 4. The van der Waals surface area contributed by atoms with E-state index in [9.17, 15) is 31.3 Å². The highest BCUT2D eigenvalue weighted by Crippen LogP contribution is 2.36. The summed E-state index contributed by atoms with van der Waals surface area (Å²) in [6.45, 7) is 0. The average molecular weight is 386 g/mol. The van der Waals surface area contributed by atoms with E-state index >= 15 is 0 Å². The molecule has 0 aliphatic rings. The molecular weight excluding hydrogens is 376 g/mol. The monoisotopic (exact) mass is 386 g/mol. The number of amides is 1. The quantitative estimate of drug-likeness (QED) is 0.554. The van der Waals surface area contributed by atoms with Crippen LogP contribution in [0.2, 0.25) is 0 Å². The van der Waals surface area contributed by atoms with E-state index in [0.717, 1.165) is 18.2 Å². The molecule has 0 radical (unpaired) electrons. The van der Waals surface area contributed by atoms with Crippen LogP contribution in [-0.2, 0) is 25.0 Å². The first-order chi connectivity index (χ1) is 11.4. The molecule has 0 aliphatic carbocycles. The summed E-state index contributed by atoms with van der Waals surface area (Å²) in [5, 5.41) is 20.4. The van der Waals surface area contributed by atoms with E-state index in [1.165, 1.54) is 0 Å². The fourth-order valence-corrected chi connectivity index (χ4v) is 3.18. The zero-order chi connectivity index (χ0) is 19.0. The van der Waals surface area contributed by atoms with Gasteiger partial charge in [-0.05, 0) is 23.6 Å². The molecule has 25 heavy (non-hydrogen) atoms. The first-order valence-electron chi connectivity index (χ1n) is 6.36. The molecule has 0 saturated heterocycles. The third-order valence-electron chi connectivity index (χ3n) is 3.08. The number of nitriles is 1. The lowest BCUT2D eigenvalue weighted by atomic mass is 10.1. The van der Waals surface area contributed by atoms with Crippen LogP contribution in [0.15, 0.2) is 34.1 Å². The normalized spacial score (nSPS) is 11.9. The van der Waals surface area contributed by atoms with E-state index in [4.69, 9.17) is 9.81 Å². The molecule has 132 valence electrons. The van der Waals surface area contributed by atoms with Crippen LogP contribution in [0.4, 0.5) is 5.69 Å². The minimum Gasteiger partial charge on any atom is -0.507 e. The number of fused-ring (bicyclic) bond motifs is 1. The van der Waals surface area contributed by atoms with Crippen molar-refractivity contribution in [2.24, 2.45) is 0 Å². The molecule has 12 heteroatoms. The maximum Gasteiger partial charge on any atom is 0.294 e. The number of nitrogens with zero attached hydrogens (tertiary/aromatic N) is 1. The molecule has 2 aromatic rings. The van der Waals surface area contributed by atoms with Crippen LogP contribution >= 0.6 is 0 Å². The van der Waals surface area contributed by atoms with Crippen molar-refractivity contribution in [3.8, 4) is 11.8 Å². The van der Waals surface area contributed by atoms with Crippen molar-refractivity contribution in [1.29, 1.82) is 5.26 Å². The number of benzene rings is 2. The van der Waals surface area contributed by atoms with Gasteiger partial charge in [0.25, 0.3) is 20.2 Å². The number of nitrogens with one attached hydrogen (secondary N) is 1. The Kier molecular flexibility index (Phi) is 4.69. The van der Waals surface area contributed by atoms with Gasteiger partial charge in [0.05, 0.1) is 21.5 Å². The highest BCUT2D eigenvalue weighted by Gasteiger charge is 2.20. The summed E-state index contributed by atoms with van der Waals surface area (Å²) >= 11 is 0. The molecule has 0 aromatic heterocycles. The fraction of sp³-hybridized carbons (Fsp3) is 0.0769. The maximum absolute atomic E-state index is 11.6. The van der Waals surface area contributed by atoms with E-state index in [0.29, 0.717) is 6.07 Å². The van der Waals surface area contributed by atoms with E-state index < -0.39 is 48.1 Å². The zero-order valence-corrected chi connectivity index (χ0v) is 13.8. The Hall–Kier alpha value is -2.72. The summed E-state index contributed by atoms with van der Waals surface area (Å²) in [6, 6.07) is 4.79. The smallest absolute Gasteiger partial charge is 0.294 e. The summed E-state index contributed by atoms with van der Waals surface area (Å²) in [4.78, 5) is 10.2. The SMILES string of the molecule is N#CCC(=O)Nc1cc(S(=O)(=O)O)cc2cc(S(=O)(=O)O)cc(O)c12. The summed E-state index contributed by atoms with van der Waals surface area (Å²) in [5.74, 6) is -1.51. The van der Waals surface area contributed by atoms with Gasteiger partial charge in [0.2, 0.25) is 5.91 Å². The highest BCUT2D eigenvalue weighted by molar-refractivity contribution is 7.86. The van der Waals surface area contributed by atoms with Crippen molar-refractivity contribution in [3.05, 3.63) is 24.3 Å². The Morgan fingerprint density at radius 3 is 2.04 bits per heavy atom. The second-order valence-electron chi connectivity index (χ2n) is 4.84. The predicted octanol–water partition coefficient (Wildman–Crippen LogP) is 0.891. The molecule has 0 fully saturated rings. The summed E-state index contributed by atoms with van der Waals surface area (Å²) in [5.41, 5.74) is -0.273. The van der Waals surface area contributed by atoms with E-state index in [1.807, 2.05) is 0 Å². The van der Waals surface area contributed by atoms with Gasteiger partial charge in [-0.2, -0.15) is 22.1 Å². The van der Waals surface area contributed by atoms with Crippen LogP contribution in [0.3, 0.4) is 0 Å². The van der Waals surface area contributed by atoms with Crippen LogP contribution in [0.25, 0.3) is 10.8 Å². The van der Waals surface area contributed by atoms with Crippen molar-refractivity contribution < 1.29 is 35.8 Å². The number of carbonyl (C=O) groups excluding carboxylic acids is 1. The number of carbonyl (C=O) groups is 1. The van der Waals surface area contributed by atoms with Gasteiger partial charge in [0, 0.05) is 11.5 Å². The largest absolute Gasteiger partial charge is 0.507 e. The van der Waals surface area contributed by atoms with Crippen molar-refractivity contribution in [2.45, 2.75) is 16.2 Å². The Morgan fingerprint density at radius 1 is 1.04 bits per heavy atom. The molecule has 0 bridgehead atoms. The molecule has 0 aliphatic heterocycles. The van der Waals surface area contributed by atoms with Crippen LogP contribution in [0.5, 0.6) is 5.75 Å². The lowest BCUT2D eigenvalue weighted by Gasteiger charge is -2.12. The van der Waals surface area contributed by atoms with Crippen molar-refractivity contribution in [1.82, 2.24) is 0 Å². The average Bonchev–Trinajstić information content (AvgIpc) is 2.44. The Morgan fingerprint density at radius 2 is 1.56 bits per heavy atom. The molecule has 0 atom stereocenters. The van der Waals surface area contributed by atoms with E-state index in [2.05, 4.69) is 5.32 Å². The molecule has 0 heterocycles. The minimum atomic E-state index is -4.74. The Bertz CT molecular complexity index is 1130. The predicted molar refractivity (Wildman–Crippen MR) is 84.1 cm³/mol. The Labute approximate surface area is 141 Å². The zero-order valence-electron chi connectivity index (χ0n) is 12.2. The summed E-state index contributed by atoms with van der Waals surface area (Å²) in [7, 11) is -9.45. The van der Waals surface area contributed by atoms with Crippen LogP contribution in [0.1, 0.15) is 6.42 Å². The number of rotatable bonds is 4. The third-order valence-corrected chi connectivity index (χ3v) is 4.75. The van der Waals surface area contributed by atoms with Crippen molar-refractivity contribution in [3.63, 3.8) is 0 Å². The molecule has 0 spiro atoms. The highest BCUT2D eigenvalue weighted by atomic mass is 32.2. The van der Waals surface area contributed by atoms with Gasteiger partial charge in [-0.3, -0.25) is 13.9 Å². The summed E-state index contributed by atoms with van der Waals surface area (Å²) < 4.78 is 63.5. The maximum atomic E-state index is 11.6. The van der Waals surface area contributed by atoms with Crippen LogP contribution in [0, 0.1) is 11.3 Å². The second kappa shape index (κ2) is 6.30. The van der Waals surface area contributed by atoms with Crippen LogP contribution in [-0.4, -0.2) is 37.0 Å². The van der Waals surface area contributed by atoms with Gasteiger partial charge in [0.1, 0.15) is 12.2 Å². The van der Waals surface area contributed by atoms with Gasteiger partial charge >= 0.3 is 0 Å². The molecule has 1 amide bonds. The van der Waals surface area contributed by atoms with Gasteiger partial charge in [-0.25, -0.2) is 0 Å². The first kappa shape index (κ1) is 18.6. The molecule has 10 nitrogen and oxygen atoms in total. The van der Waals surface area contributed by atoms with Crippen LogP contribution < -0.4 is 5.32 Å². The van der Waals surface area contributed by atoms with Gasteiger partial charge < -0.3 is 10.4 Å². The summed E-state index contributed by atoms with van der Waals surface area (Å²) in [6.07, 6.45) is -0.568. The van der Waals surface area contributed by atoms with Gasteiger partial charge in [0.15, 0.2) is 0 Å². The number of phenolic OH excluding ortho intramolecular Hbond substituents is 1. The van der Waals surface area contributed by atoms with E-state index in [-0.39, 0.29) is 16.5 Å². The Balaban J connectivity index is 2.86. The molecule has 2 aromatic carbocycles. The minimum absolute atomic E-state index is 0.147. The second-order valence-corrected chi connectivity index (χ2v) is 7.69. The third kappa shape index (κ3) is 4.03. The number of aromatic hydroxyl groups is 1. The molecule has 0 unspecified atom stereocenters. The number of phenols is 1.